The molecular weight excluding hydrogens is 327 g/mol. The molecule has 0 aliphatic rings. The van der Waals surface area contributed by atoms with E-state index in [1.807, 2.05) is 17.6 Å². The molecule has 4 aromatic rings. The van der Waals surface area contributed by atoms with Gasteiger partial charge in [0.1, 0.15) is 16.8 Å². The third-order valence-corrected chi connectivity index (χ3v) is 4.07. The zero-order valence-corrected chi connectivity index (χ0v) is 13.5. The van der Waals surface area contributed by atoms with E-state index in [1.165, 1.54) is 12.1 Å². The highest BCUT2D eigenvalue weighted by Crippen LogP contribution is 2.30. The molecule has 0 aliphatic carbocycles. The van der Waals surface area contributed by atoms with E-state index in [0.29, 0.717) is 11.0 Å². The standard InChI is InChI=1S/C18H12ClFN4/c1-11-8-17(19)22-9-14(11)18-23-15-6-7-21-10-16(15)24(18)13-4-2-12(20)3-5-13/h2-10H,1H3. The van der Waals surface area contributed by atoms with Gasteiger partial charge in [-0.05, 0) is 48.9 Å². The van der Waals surface area contributed by atoms with Gasteiger partial charge in [0.05, 0.1) is 17.2 Å². The van der Waals surface area contributed by atoms with Crippen LogP contribution in [0, 0.1) is 12.7 Å². The first-order chi connectivity index (χ1) is 11.6. The normalized spacial score (nSPS) is 11.1. The minimum Gasteiger partial charge on any atom is -0.291 e. The lowest BCUT2D eigenvalue weighted by Gasteiger charge is -2.11. The van der Waals surface area contributed by atoms with Crippen LogP contribution in [0.15, 0.2) is 55.0 Å². The van der Waals surface area contributed by atoms with Crippen molar-refractivity contribution in [2.45, 2.75) is 6.92 Å². The van der Waals surface area contributed by atoms with Gasteiger partial charge in [0.2, 0.25) is 0 Å². The summed E-state index contributed by atoms with van der Waals surface area (Å²) in [6.07, 6.45) is 5.14. The molecule has 0 saturated carbocycles. The van der Waals surface area contributed by atoms with E-state index in [1.54, 1.807) is 36.8 Å². The Morgan fingerprint density at radius 2 is 1.88 bits per heavy atom. The minimum atomic E-state index is -0.285. The summed E-state index contributed by atoms with van der Waals surface area (Å²) in [6.45, 7) is 1.95. The SMILES string of the molecule is Cc1cc(Cl)ncc1-c1nc2ccncc2n1-c1ccc(F)cc1. The van der Waals surface area contributed by atoms with Gasteiger partial charge in [-0.1, -0.05) is 11.6 Å². The molecule has 118 valence electrons. The first kappa shape index (κ1) is 14.8. The van der Waals surface area contributed by atoms with Gasteiger partial charge in [-0.25, -0.2) is 14.4 Å². The van der Waals surface area contributed by atoms with Gasteiger partial charge in [-0.15, -0.1) is 0 Å². The summed E-state index contributed by atoms with van der Waals surface area (Å²) < 4.78 is 15.3. The average Bonchev–Trinajstić information content (AvgIpc) is 2.95. The molecule has 6 heteroatoms. The summed E-state index contributed by atoms with van der Waals surface area (Å²) in [5, 5.41) is 0.433. The largest absolute Gasteiger partial charge is 0.291 e. The Labute approximate surface area is 142 Å². The number of benzene rings is 1. The molecule has 0 amide bonds. The quantitative estimate of drug-likeness (QED) is 0.502. The van der Waals surface area contributed by atoms with Crippen molar-refractivity contribution in [3.05, 3.63) is 71.5 Å². The Kier molecular flexibility index (Phi) is 3.50. The van der Waals surface area contributed by atoms with Crippen molar-refractivity contribution in [3.63, 3.8) is 0 Å². The van der Waals surface area contributed by atoms with Crippen LogP contribution in [0.3, 0.4) is 0 Å². The molecule has 0 atom stereocenters. The third kappa shape index (κ3) is 2.43. The number of aromatic nitrogens is 4. The van der Waals surface area contributed by atoms with Crippen LogP contribution in [0.1, 0.15) is 5.56 Å². The Morgan fingerprint density at radius 1 is 1.08 bits per heavy atom. The van der Waals surface area contributed by atoms with E-state index in [-0.39, 0.29) is 5.82 Å². The number of pyridine rings is 2. The van der Waals surface area contributed by atoms with Crippen molar-refractivity contribution in [2.24, 2.45) is 0 Å². The first-order valence-corrected chi connectivity index (χ1v) is 7.72. The van der Waals surface area contributed by atoms with Gasteiger partial charge in [-0.3, -0.25) is 9.55 Å². The van der Waals surface area contributed by atoms with Crippen molar-refractivity contribution >= 4 is 22.6 Å². The topological polar surface area (TPSA) is 43.6 Å². The summed E-state index contributed by atoms with van der Waals surface area (Å²) in [5.41, 5.74) is 4.27. The molecule has 4 nitrogen and oxygen atoms in total. The third-order valence-electron chi connectivity index (χ3n) is 3.86. The predicted molar refractivity (Wildman–Crippen MR) is 91.8 cm³/mol. The highest BCUT2D eigenvalue weighted by atomic mass is 35.5. The van der Waals surface area contributed by atoms with Crippen LogP contribution in [0.5, 0.6) is 0 Å². The highest BCUT2D eigenvalue weighted by Gasteiger charge is 2.16. The van der Waals surface area contributed by atoms with Crippen LogP contribution in [-0.2, 0) is 0 Å². The molecule has 0 aliphatic heterocycles. The second-order valence-electron chi connectivity index (χ2n) is 5.43. The lowest BCUT2D eigenvalue weighted by atomic mass is 10.1. The smallest absolute Gasteiger partial charge is 0.147 e. The van der Waals surface area contributed by atoms with Gasteiger partial charge >= 0.3 is 0 Å². The van der Waals surface area contributed by atoms with Crippen LogP contribution >= 0.6 is 11.6 Å². The van der Waals surface area contributed by atoms with Crippen LogP contribution in [0.25, 0.3) is 28.1 Å². The van der Waals surface area contributed by atoms with E-state index < -0.39 is 0 Å². The van der Waals surface area contributed by atoms with Crippen molar-refractivity contribution in [1.29, 1.82) is 0 Å². The van der Waals surface area contributed by atoms with E-state index >= 15 is 0 Å². The summed E-state index contributed by atoms with van der Waals surface area (Å²) in [4.78, 5) is 13.1. The molecule has 0 saturated heterocycles. The van der Waals surface area contributed by atoms with Gasteiger partial charge in [0.25, 0.3) is 0 Å². The Morgan fingerprint density at radius 3 is 2.62 bits per heavy atom. The van der Waals surface area contributed by atoms with E-state index in [9.17, 15) is 4.39 Å². The average molecular weight is 339 g/mol. The molecule has 0 fully saturated rings. The number of nitrogens with zero attached hydrogens (tertiary/aromatic N) is 4. The lowest BCUT2D eigenvalue weighted by Crippen LogP contribution is -1.99. The fourth-order valence-corrected chi connectivity index (χ4v) is 2.92. The Hall–Kier alpha value is -2.79. The van der Waals surface area contributed by atoms with Crippen molar-refractivity contribution in [1.82, 2.24) is 19.5 Å². The van der Waals surface area contributed by atoms with E-state index in [0.717, 1.165) is 27.8 Å². The van der Waals surface area contributed by atoms with Crippen LogP contribution in [-0.4, -0.2) is 19.5 Å². The second kappa shape index (κ2) is 5.69. The fraction of sp³-hybridized carbons (Fsp3) is 0.0556. The predicted octanol–water partition coefficient (Wildman–Crippen LogP) is 4.58. The Bertz CT molecular complexity index is 1040. The zero-order chi connectivity index (χ0) is 16.7. The molecule has 0 N–H and O–H groups in total. The molecule has 24 heavy (non-hydrogen) atoms. The zero-order valence-electron chi connectivity index (χ0n) is 12.7. The lowest BCUT2D eigenvalue weighted by molar-refractivity contribution is 0.627. The summed E-state index contributed by atoms with van der Waals surface area (Å²) in [6, 6.07) is 9.92. The number of rotatable bonds is 2. The molecule has 0 spiro atoms. The minimum absolute atomic E-state index is 0.285. The van der Waals surface area contributed by atoms with Gasteiger partial charge < -0.3 is 0 Å². The molecule has 0 unspecified atom stereocenters. The number of hydrogen-bond acceptors (Lipinski definition) is 3. The maximum atomic E-state index is 13.3. The monoisotopic (exact) mass is 338 g/mol. The summed E-state index contributed by atoms with van der Waals surface area (Å²) in [7, 11) is 0. The Balaban J connectivity index is 2.05. The molecule has 3 heterocycles. The number of aryl methyl sites for hydroxylation is 1. The number of fused-ring (bicyclic) bond motifs is 1. The molecule has 0 bridgehead atoms. The molecule has 1 aromatic carbocycles. The van der Waals surface area contributed by atoms with Gasteiger partial charge in [0, 0.05) is 23.6 Å². The van der Waals surface area contributed by atoms with Crippen molar-refractivity contribution < 1.29 is 4.39 Å². The van der Waals surface area contributed by atoms with Gasteiger partial charge in [0.15, 0.2) is 0 Å². The van der Waals surface area contributed by atoms with Crippen molar-refractivity contribution in [2.75, 3.05) is 0 Å². The summed E-state index contributed by atoms with van der Waals surface area (Å²) in [5.74, 6) is 0.429. The maximum Gasteiger partial charge on any atom is 0.147 e. The van der Waals surface area contributed by atoms with Crippen LogP contribution in [0.2, 0.25) is 5.15 Å². The first-order valence-electron chi connectivity index (χ1n) is 7.34. The molecule has 4 rings (SSSR count). The fourth-order valence-electron chi connectivity index (χ4n) is 2.71. The highest BCUT2D eigenvalue weighted by molar-refractivity contribution is 6.29. The van der Waals surface area contributed by atoms with E-state index in [2.05, 4.69) is 9.97 Å². The maximum absolute atomic E-state index is 13.3. The van der Waals surface area contributed by atoms with Crippen molar-refractivity contribution in [3.8, 4) is 17.1 Å². The van der Waals surface area contributed by atoms with Crippen LogP contribution < -0.4 is 0 Å². The number of imidazole rings is 1. The number of hydrogen-bond donors (Lipinski definition) is 0. The number of halogens is 2. The molecular formula is C18H12ClFN4. The van der Waals surface area contributed by atoms with E-state index in [4.69, 9.17) is 16.6 Å². The molecule has 3 aromatic heterocycles. The molecule has 0 radical (unpaired) electrons. The van der Waals surface area contributed by atoms with Gasteiger partial charge in [-0.2, -0.15) is 0 Å². The summed E-state index contributed by atoms with van der Waals surface area (Å²) >= 11 is 5.97. The van der Waals surface area contributed by atoms with Crippen LogP contribution in [0.4, 0.5) is 4.39 Å². The second-order valence-corrected chi connectivity index (χ2v) is 5.82.